The first kappa shape index (κ1) is 16.7. The van der Waals surface area contributed by atoms with Gasteiger partial charge in [0.15, 0.2) is 11.5 Å². The lowest BCUT2D eigenvalue weighted by molar-refractivity contribution is -0.140. The number of hydrogen-bond acceptors (Lipinski definition) is 6. The first-order chi connectivity index (χ1) is 12.7. The zero-order valence-corrected chi connectivity index (χ0v) is 15.5. The quantitative estimate of drug-likeness (QED) is 0.888. The van der Waals surface area contributed by atoms with E-state index >= 15 is 0 Å². The van der Waals surface area contributed by atoms with Gasteiger partial charge in [-0.15, -0.1) is 0 Å². The van der Waals surface area contributed by atoms with Crippen molar-refractivity contribution in [3.8, 4) is 17.2 Å². The van der Waals surface area contributed by atoms with E-state index < -0.39 is 5.60 Å². The maximum absolute atomic E-state index is 10.0. The van der Waals surface area contributed by atoms with Crippen LogP contribution < -0.4 is 14.2 Å². The van der Waals surface area contributed by atoms with E-state index in [9.17, 15) is 5.11 Å². The van der Waals surface area contributed by atoms with Gasteiger partial charge in [0.2, 0.25) is 5.75 Å². The van der Waals surface area contributed by atoms with E-state index in [1.807, 2.05) is 6.07 Å². The molecule has 1 saturated carbocycles. The van der Waals surface area contributed by atoms with E-state index in [0.717, 1.165) is 36.8 Å². The summed E-state index contributed by atoms with van der Waals surface area (Å²) in [4.78, 5) is 0. The zero-order valence-electron chi connectivity index (χ0n) is 15.5. The fraction of sp³-hybridized carbons (Fsp3) is 0.700. The van der Waals surface area contributed by atoms with Crippen molar-refractivity contribution in [1.29, 1.82) is 0 Å². The van der Waals surface area contributed by atoms with Gasteiger partial charge < -0.3 is 28.8 Å². The lowest BCUT2D eigenvalue weighted by atomic mass is 9.56. The summed E-state index contributed by atoms with van der Waals surface area (Å²) < 4.78 is 30.1. The van der Waals surface area contributed by atoms with E-state index in [2.05, 4.69) is 0 Å². The highest BCUT2D eigenvalue weighted by Gasteiger charge is 2.75. The number of ether oxygens (including phenoxy) is 5. The second kappa shape index (κ2) is 5.50. The highest BCUT2D eigenvalue weighted by Crippen LogP contribution is 2.75. The minimum Gasteiger partial charge on any atom is -0.493 e. The van der Waals surface area contributed by atoms with E-state index in [0.29, 0.717) is 17.2 Å². The number of rotatable bonds is 4. The minimum atomic E-state index is -0.403. The second-order valence-electron chi connectivity index (χ2n) is 7.90. The Morgan fingerprint density at radius 2 is 1.88 bits per heavy atom. The summed E-state index contributed by atoms with van der Waals surface area (Å²) in [6, 6.07) is 2.02. The lowest BCUT2D eigenvalue weighted by Crippen LogP contribution is -2.52. The Bertz CT molecular complexity index is 748. The van der Waals surface area contributed by atoms with Crippen molar-refractivity contribution in [2.24, 2.45) is 5.41 Å². The smallest absolute Gasteiger partial charge is 0.203 e. The molecule has 6 nitrogen and oxygen atoms in total. The summed E-state index contributed by atoms with van der Waals surface area (Å²) in [5, 5.41) is 10.0. The molecule has 1 aromatic carbocycles. The third-order valence-corrected chi connectivity index (χ3v) is 7.16. The molecule has 0 radical (unpaired) electrons. The van der Waals surface area contributed by atoms with Crippen molar-refractivity contribution < 1.29 is 28.8 Å². The van der Waals surface area contributed by atoms with Crippen LogP contribution in [0.5, 0.6) is 17.2 Å². The highest BCUT2D eigenvalue weighted by atomic mass is 16.6. The number of aliphatic hydroxyl groups excluding tert-OH is 1. The van der Waals surface area contributed by atoms with Gasteiger partial charge in [-0.3, -0.25) is 0 Å². The van der Waals surface area contributed by atoms with Crippen molar-refractivity contribution >= 4 is 0 Å². The molecule has 0 amide bonds. The summed E-state index contributed by atoms with van der Waals surface area (Å²) in [7, 11) is 4.90. The second-order valence-corrected chi connectivity index (χ2v) is 7.90. The SMILES string of the molecule is COc1cc2c(c(OC)c1OC)[C@H]1C[C@]34CCCC[C@@]3(O1)[C@H](CO)O[C@H]24. The molecule has 6 heteroatoms. The molecule has 2 bridgehead atoms. The molecule has 2 saturated heterocycles. The van der Waals surface area contributed by atoms with Crippen molar-refractivity contribution in [3.63, 3.8) is 0 Å². The minimum absolute atomic E-state index is 0.00920. The molecule has 1 aromatic rings. The van der Waals surface area contributed by atoms with Gasteiger partial charge in [-0.2, -0.15) is 0 Å². The van der Waals surface area contributed by atoms with Crippen molar-refractivity contribution in [2.75, 3.05) is 27.9 Å². The molecule has 3 fully saturated rings. The standard InChI is InChI=1S/C20H26O6/c1-22-12-8-11-15(17(24-3)16(12)23-2)13-9-19-6-4-5-7-20(19,26-13)14(10-21)25-18(11)19/h8,13-14,18,21H,4-7,9-10H2,1-3H3/t13-,14+,18-,19+,20-/m1/s1. The maximum Gasteiger partial charge on any atom is 0.203 e. The van der Waals surface area contributed by atoms with Crippen LogP contribution in [0.3, 0.4) is 0 Å². The normalized spacial score (nSPS) is 39.3. The molecular formula is C20H26O6. The first-order valence-electron chi connectivity index (χ1n) is 9.42. The Morgan fingerprint density at radius 3 is 2.58 bits per heavy atom. The van der Waals surface area contributed by atoms with Crippen LogP contribution in [0.25, 0.3) is 0 Å². The fourth-order valence-electron chi connectivity index (χ4n) is 6.26. The zero-order chi connectivity index (χ0) is 18.1. The van der Waals surface area contributed by atoms with Gasteiger partial charge in [-0.05, 0) is 30.9 Å². The third-order valence-electron chi connectivity index (χ3n) is 7.16. The number of fused-ring (bicyclic) bond motifs is 4. The van der Waals surface area contributed by atoms with Gasteiger partial charge in [0, 0.05) is 11.0 Å². The average molecular weight is 362 g/mol. The molecule has 1 spiro atoms. The maximum atomic E-state index is 10.0. The summed E-state index contributed by atoms with van der Waals surface area (Å²) in [5.74, 6) is 1.90. The molecule has 2 heterocycles. The Kier molecular flexibility index (Phi) is 3.53. The topological polar surface area (TPSA) is 66.4 Å². The molecule has 142 valence electrons. The predicted molar refractivity (Wildman–Crippen MR) is 92.9 cm³/mol. The molecule has 4 aliphatic rings. The summed E-state index contributed by atoms with van der Waals surface area (Å²) in [6.07, 6.45) is 4.76. The number of benzene rings is 1. The van der Waals surface area contributed by atoms with Gasteiger partial charge in [0.25, 0.3) is 0 Å². The Morgan fingerprint density at radius 1 is 1.12 bits per heavy atom. The Balaban J connectivity index is 1.76. The van der Waals surface area contributed by atoms with Gasteiger partial charge in [-0.25, -0.2) is 0 Å². The molecule has 1 N–H and O–H groups in total. The molecule has 5 rings (SSSR count). The van der Waals surface area contributed by atoms with E-state index in [1.54, 1.807) is 21.3 Å². The fourth-order valence-corrected chi connectivity index (χ4v) is 6.26. The molecule has 2 aliphatic heterocycles. The van der Waals surface area contributed by atoms with Crippen LogP contribution in [0.1, 0.15) is 55.4 Å². The van der Waals surface area contributed by atoms with E-state index in [-0.39, 0.29) is 30.3 Å². The lowest BCUT2D eigenvalue weighted by Gasteiger charge is -2.45. The number of hydrogen-bond donors (Lipinski definition) is 1. The molecule has 2 aliphatic carbocycles. The number of aliphatic hydroxyl groups is 1. The van der Waals surface area contributed by atoms with E-state index in [1.165, 1.54) is 6.42 Å². The van der Waals surface area contributed by atoms with Crippen molar-refractivity contribution in [1.82, 2.24) is 0 Å². The summed E-state index contributed by atoms with van der Waals surface area (Å²) >= 11 is 0. The summed E-state index contributed by atoms with van der Waals surface area (Å²) in [5.41, 5.74) is 1.61. The van der Waals surface area contributed by atoms with E-state index in [4.69, 9.17) is 23.7 Å². The van der Waals surface area contributed by atoms with Crippen molar-refractivity contribution in [2.45, 2.75) is 56.0 Å². The predicted octanol–water partition coefficient (Wildman–Crippen LogP) is 2.92. The third kappa shape index (κ3) is 1.69. The van der Waals surface area contributed by atoms with Crippen LogP contribution >= 0.6 is 0 Å². The molecule has 0 aromatic heterocycles. The monoisotopic (exact) mass is 362 g/mol. The van der Waals surface area contributed by atoms with Crippen LogP contribution in [0, 0.1) is 5.41 Å². The largest absolute Gasteiger partial charge is 0.493 e. The molecule has 0 unspecified atom stereocenters. The molecule has 26 heavy (non-hydrogen) atoms. The average Bonchev–Trinajstić information content (AvgIpc) is 3.13. The van der Waals surface area contributed by atoms with Crippen LogP contribution in [0.4, 0.5) is 0 Å². The van der Waals surface area contributed by atoms with Gasteiger partial charge in [0.05, 0.1) is 40.1 Å². The van der Waals surface area contributed by atoms with Crippen molar-refractivity contribution in [3.05, 3.63) is 17.2 Å². The van der Waals surface area contributed by atoms with Gasteiger partial charge in [0.1, 0.15) is 11.7 Å². The first-order valence-corrected chi connectivity index (χ1v) is 9.42. The van der Waals surface area contributed by atoms with Crippen LogP contribution in [0.2, 0.25) is 0 Å². The highest BCUT2D eigenvalue weighted by molar-refractivity contribution is 5.62. The van der Waals surface area contributed by atoms with Crippen LogP contribution in [0.15, 0.2) is 6.07 Å². The summed E-state index contributed by atoms with van der Waals surface area (Å²) in [6.45, 7) is -0.00920. The molecule has 5 atom stereocenters. The van der Waals surface area contributed by atoms with Gasteiger partial charge >= 0.3 is 0 Å². The Labute approximate surface area is 153 Å². The Hall–Kier alpha value is -1.50. The molecular weight excluding hydrogens is 336 g/mol. The van der Waals surface area contributed by atoms with Crippen LogP contribution in [-0.2, 0) is 9.47 Å². The van der Waals surface area contributed by atoms with Gasteiger partial charge in [-0.1, -0.05) is 12.8 Å². The number of methoxy groups -OCH3 is 3. The van der Waals surface area contributed by atoms with Crippen LogP contribution in [-0.4, -0.2) is 44.7 Å².